The molecule has 0 aromatic heterocycles. The standard InChI is InChI=1S/C8H12O11P2/c1-7(3-9,4-10)17-20(13,14)19-21(15,16)18-8(2,5-11)6-12/h3-6H,1-2H3,(H,13,14)(H,15,16). The van der Waals surface area contributed by atoms with E-state index >= 15 is 0 Å². The lowest BCUT2D eigenvalue weighted by Gasteiger charge is -2.24. The summed E-state index contributed by atoms with van der Waals surface area (Å²) in [4.78, 5) is 60.5. The zero-order valence-electron chi connectivity index (χ0n) is 10.8. The summed E-state index contributed by atoms with van der Waals surface area (Å²) in [6.07, 6.45) is -0.626. The molecule has 13 heteroatoms. The summed E-state index contributed by atoms with van der Waals surface area (Å²) in [5.74, 6) is 0. The van der Waals surface area contributed by atoms with Crippen LogP contribution >= 0.6 is 15.6 Å². The van der Waals surface area contributed by atoms with Gasteiger partial charge in [0.15, 0.2) is 36.3 Å². The van der Waals surface area contributed by atoms with Gasteiger partial charge in [-0.05, 0) is 13.8 Å². The molecule has 120 valence electrons. The maximum atomic E-state index is 11.4. The van der Waals surface area contributed by atoms with Gasteiger partial charge in [0.25, 0.3) is 0 Å². The van der Waals surface area contributed by atoms with Gasteiger partial charge in [0.2, 0.25) is 0 Å². The number of hydrogen-bond acceptors (Lipinski definition) is 9. The fourth-order valence-electron chi connectivity index (χ4n) is 0.802. The van der Waals surface area contributed by atoms with E-state index in [1.807, 2.05) is 0 Å². The Kier molecular flexibility index (Phi) is 6.46. The minimum absolute atomic E-state index is 0.156. The van der Waals surface area contributed by atoms with Gasteiger partial charge in [0.05, 0.1) is 0 Å². The number of phosphoric ester groups is 2. The molecule has 0 rings (SSSR count). The second-order valence-corrected chi connectivity index (χ2v) is 6.93. The van der Waals surface area contributed by atoms with E-state index in [-0.39, 0.29) is 25.1 Å². The van der Waals surface area contributed by atoms with Crippen LogP contribution < -0.4 is 0 Å². The van der Waals surface area contributed by atoms with Crippen molar-refractivity contribution in [3.8, 4) is 0 Å². The highest BCUT2D eigenvalue weighted by atomic mass is 31.3. The number of carbonyl (C=O) groups is 4. The molecule has 0 bridgehead atoms. The molecule has 0 aromatic rings. The van der Waals surface area contributed by atoms with Crippen LogP contribution in [0.3, 0.4) is 0 Å². The molecule has 0 saturated heterocycles. The summed E-state index contributed by atoms with van der Waals surface area (Å²) >= 11 is 0. The number of aldehydes is 4. The molecule has 0 amide bonds. The van der Waals surface area contributed by atoms with Crippen LogP contribution in [0.4, 0.5) is 0 Å². The second-order valence-electron chi connectivity index (χ2n) is 4.04. The maximum Gasteiger partial charge on any atom is 0.482 e. The Balaban J connectivity index is 5.16. The van der Waals surface area contributed by atoms with Crippen LogP contribution in [0.2, 0.25) is 0 Å². The first kappa shape index (κ1) is 19.9. The first-order valence-electron chi connectivity index (χ1n) is 5.00. The first-order valence-corrected chi connectivity index (χ1v) is 7.99. The summed E-state index contributed by atoms with van der Waals surface area (Å²) in [5, 5.41) is 0. The van der Waals surface area contributed by atoms with Crippen molar-refractivity contribution < 1.29 is 51.5 Å². The molecule has 0 spiro atoms. The quantitative estimate of drug-likeness (QED) is 0.298. The Bertz CT molecular complexity index is 464. The van der Waals surface area contributed by atoms with E-state index in [0.29, 0.717) is 0 Å². The molecule has 0 aliphatic carbocycles. The Labute approximate surface area is 118 Å². The lowest BCUT2D eigenvalue weighted by Crippen LogP contribution is -2.32. The summed E-state index contributed by atoms with van der Waals surface area (Å²) < 4.78 is 34.8. The van der Waals surface area contributed by atoms with Gasteiger partial charge < -0.3 is 9.79 Å². The highest BCUT2D eigenvalue weighted by molar-refractivity contribution is 7.61. The summed E-state index contributed by atoms with van der Waals surface area (Å²) in [6, 6.07) is 0. The van der Waals surface area contributed by atoms with Gasteiger partial charge in [-0.25, -0.2) is 9.13 Å². The predicted molar refractivity (Wildman–Crippen MR) is 64.0 cm³/mol. The average Bonchev–Trinajstić information content (AvgIpc) is 2.35. The minimum Gasteiger partial charge on any atom is -0.302 e. The summed E-state index contributed by atoms with van der Waals surface area (Å²) in [7, 11) is -10.8. The van der Waals surface area contributed by atoms with Crippen molar-refractivity contribution in [3.05, 3.63) is 0 Å². The third-order valence-electron chi connectivity index (χ3n) is 1.77. The molecule has 0 aliphatic heterocycles. The second kappa shape index (κ2) is 6.80. The number of phosphoric acid groups is 2. The van der Waals surface area contributed by atoms with Crippen LogP contribution in [-0.2, 0) is 41.7 Å². The van der Waals surface area contributed by atoms with Gasteiger partial charge >= 0.3 is 15.6 Å². The Morgan fingerprint density at radius 2 is 1.00 bits per heavy atom. The van der Waals surface area contributed by atoms with Gasteiger partial charge in [0, 0.05) is 0 Å². The number of rotatable bonds is 10. The Morgan fingerprint density at radius 3 is 1.19 bits per heavy atom. The smallest absolute Gasteiger partial charge is 0.302 e. The van der Waals surface area contributed by atoms with Gasteiger partial charge in [-0.15, -0.1) is 0 Å². The first-order chi connectivity index (χ1) is 9.36. The van der Waals surface area contributed by atoms with Crippen LogP contribution in [-0.4, -0.2) is 46.1 Å². The van der Waals surface area contributed by atoms with E-state index in [1.54, 1.807) is 0 Å². The lowest BCUT2D eigenvalue weighted by atomic mass is 10.2. The van der Waals surface area contributed by atoms with Crippen molar-refractivity contribution in [2.45, 2.75) is 25.0 Å². The normalized spacial score (nSPS) is 18.1. The zero-order valence-corrected chi connectivity index (χ0v) is 12.6. The van der Waals surface area contributed by atoms with Crippen molar-refractivity contribution in [3.63, 3.8) is 0 Å². The van der Waals surface area contributed by atoms with Crippen LogP contribution in [0.15, 0.2) is 0 Å². The topological polar surface area (TPSA) is 171 Å². The molecule has 21 heavy (non-hydrogen) atoms. The van der Waals surface area contributed by atoms with E-state index in [0.717, 1.165) is 13.8 Å². The van der Waals surface area contributed by atoms with E-state index in [2.05, 4.69) is 13.4 Å². The van der Waals surface area contributed by atoms with Crippen molar-refractivity contribution >= 4 is 40.8 Å². The monoisotopic (exact) mass is 346 g/mol. The van der Waals surface area contributed by atoms with Crippen molar-refractivity contribution in [1.82, 2.24) is 0 Å². The highest BCUT2D eigenvalue weighted by Gasteiger charge is 2.45. The minimum atomic E-state index is -5.41. The van der Waals surface area contributed by atoms with Gasteiger partial charge in [-0.1, -0.05) is 0 Å². The van der Waals surface area contributed by atoms with E-state index in [4.69, 9.17) is 0 Å². The van der Waals surface area contributed by atoms with Crippen molar-refractivity contribution in [1.29, 1.82) is 0 Å². The van der Waals surface area contributed by atoms with Crippen LogP contribution in [0, 0.1) is 0 Å². The molecule has 11 nitrogen and oxygen atoms in total. The SMILES string of the molecule is CC(C=O)(C=O)OP(=O)(O)OP(=O)(O)OC(C)(C=O)C=O. The predicted octanol–water partition coefficient (Wildman–Crippen LogP) is -0.450. The summed E-state index contributed by atoms with van der Waals surface area (Å²) in [5.41, 5.74) is -4.83. The molecule has 0 aliphatic rings. The number of carbonyl (C=O) groups excluding carboxylic acids is 4. The van der Waals surface area contributed by atoms with Gasteiger partial charge in [-0.3, -0.25) is 28.2 Å². The zero-order chi connectivity index (χ0) is 16.9. The Hall–Kier alpha value is -1.06. The van der Waals surface area contributed by atoms with Crippen molar-refractivity contribution in [2.75, 3.05) is 0 Å². The molecule has 0 aromatic carbocycles. The maximum absolute atomic E-state index is 11.4. The van der Waals surface area contributed by atoms with Crippen molar-refractivity contribution in [2.24, 2.45) is 0 Å². The molecule has 0 heterocycles. The van der Waals surface area contributed by atoms with E-state index in [9.17, 15) is 38.1 Å². The number of hydrogen-bond donors (Lipinski definition) is 2. The van der Waals surface area contributed by atoms with Crippen LogP contribution in [0.5, 0.6) is 0 Å². The molecule has 2 unspecified atom stereocenters. The summed E-state index contributed by atoms with van der Waals surface area (Å²) in [6.45, 7) is 1.56. The molecule has 0 saturated carbocycles. The Morgan fingerprint density at radius 1 is 0.762 bits per heavy atom. The van der Waals surface area contributed by atoms with Gasteiger partial charge in [0.1, 0.15) is 0 Å². The molecule has 0 fully saturated rings. The molecular formula is C8H12O11P2. The van der Waals surface area contributed by atoms with Gasteiger partial charge in [-0.2, -0.15) is 4.31 Å². The lowest BCUT2D eigenvalue weighted by molar-refractivity contribution is -0.132. The fourth-order valence-corrected chi connectivity index (χ4v) is 3.28. The fraction of sp³-hybridized carbons (Fsp3) is 0.500. The molecule has 0 radical (unpaired) electrons. The van der Waals surface area contributed by atoms with E-state index in [1.165, 1.54) is 0 Å². The highest BCUT2D eigenvalue weighted by Crippen LogP contribution is 2.62. The van der Waals surface area contributed by atoms with Crippen LogP contribution in [0.25, 0.3) is 0 Å². The molecular weight excluding hydrogens is 334 g/mol. The third kappa shape index (κ3) is 6.49. The molecule has 2 atom stereocenters. The van der Waals surface area contributed by atoms with E-state index < -0.39 is 26.8 Å². The largest absolute Gasteiger partial charge is 0.482 e. The van der Waals surface area contributed by atoms with Crippen LogP contribution in [0.1, 0.15) is 13.8 Å². The molecule has 2 N–H and O–H groups in total. The average molecular weight is 346 g/mol. The third-order valence-corrected chi connectivity index (χ3v) is 4.67.